The predicted octanol–water partition coefficient (Wildman–Crippen LogP) is -0.435. The second-order valence-electron chi connectivity index (χ2n) is 6.86. The van der Waals surface area contributed by atoms with Crippen LogP contribution in [0.2, 0.25) is 0 Å². The molecule has 2 aliphatic heterocycles. The number of fused-ring (bicyclic) bond motifs is 1. The van der Waals surface area contributed by atoms with E-state index in [0.717, 1.165) is 5.56 Å². The van der Waals surface area contributed by atoms with Gasteiger partial charge < -0.3 is 34.6 Å². The van der Waals surface area contributed by atoms with E-state index in [1.807, 2.05) is 0 Å². The van der Waals surface area contributed by atoms with Crippen molar-refractivity contribution in [2.75, 3.05) is 13.2 Å². The van der Waals surface area contributed by atoms with Crippen LogP contribution in [0.3, 0.4) is 0 Å². The fourth-order valence-corrected chi connectivity index (χ4v) is 3.18. The molecule has 0 saturated carbocycles. The third kappa shape index (κ3) is 4.06. The maximum absolute atomic E-state index is 11.5. The number of Topliss-reactive ketones (excluding diaryl/α,β-unsaturated/α-hetero) is 1. The van der Waals surface area contributed by atoms with Crippen LogP contribution in [0, 0.1) is 0 Å². The zero-order valence-corrected chi connectivity index (χ0v) is 14.9. The van der Waals surface area contributed by atoms with Crippen molar-refractivity contribution in [2.24, 2.45) is 0 Å². The van der Waals surface area contributed by atoms with Crippen LogP contribution >= 0.6 is 0 Å². The Hall–Kier alpha value is -1.81. The number of ketones is 1. The highest BCUT2D eigenvalue weighted by molar-refractivity contribution is 5.94. The lowest BCUT2D eigenvalue weighted by molar-refractivity contribution is -0.299. The first-order valence-electron chi connectivity index (χ1n) is 8.72. The van der Waals surface area contributed by atoms with E-state index in [2.05, 4.69) is 6.58 Å². The monoisotopic (exact) mass is 380 g/mol. The Labute approximate surface area is 156 Å². The summed E-state index contributed by atoms with van der Waals surface area (Å²) in [6.45, 7) is 4.91. The summed E-state index contributed by atoms with van der Waals surface area (Å²) in [4.78, 5) is 11.5. The van der Waals surface area contributed by atoms with Crippen molar-refractivity contribution < 1.29 is 39.4 Å². The van der Waals surface area contributed by atoms with Crippen molar-refractivity contribution in [1.82, 2.24) is 0 Å². The Bertz CT molecular complexity index is 716. The number of hydrogen-bond acceptors (Lipinski definition) is 8. The third-order valence-corrected chi connectivity index (χ3v) is 4.88. The van der Waals surface area contributed by atoms with E-state index in [-0.39, 0.29) is 18.5 Å². The zero-order chi connectivity index (χ0) is 19.7. The average molecular weight is 380 g/mol. The van der Waals surface area contributed by atoms with Crippen LogP contribution in [0.1, 0.15) is 22.8 Å². The summed E-state index contributed by atoms with van der Waals surface area (Å²) >= 11 is 0. The number of aliphatic hydroxyl groups is 4. The molecule has 1 fully saturated rings. The first-order chi connectivity index (χ1) is 12.8. The van der Waals surface area contributed by atoms with Crippen molar-refractivity contribution in [1.29, 1.82) is 0 Å². The number of rotatable bonds is 6. The fourth-order valence-electron chi connectivity index (χ4n) is 3.18. The van der Waals surface area contributed by atoms with E-state index in [1.54, 1.807) is 18.2 Å². The predicted molar refractivity (Wildman–Crippen MR) is 93.4 cm³/mol. The largest absolute Gasteiger partial charge is 0.485 e. The van der Waals surface area contributed by atoms with Gasteiger partial charge >= 0.3 is 0 Å². The molecule has 8 nitrogen and oxygen atoms in total. The van der Waals surface area contributed by atoms with E-state index in [1.165, 1.54) is 6.92 Å². The number of hydrogen-bond donors (Lipinski definition) is 4. The van der Waals surface area contributed by atoms with Gasteiger partial charge in [0.15, 0.2) is 12.1 Å². The van der Waals surface area contributed by atoms with Crippen LogP contribution in [0.15, 0.2) is 30.4 Å². The molecule has 1 aromatic carbocycles. The van der Waals surface area contributed by atoms with Crippen LogP contribution in [-0.4, -0.2) is 76.2 Å². The van der Waals surface area contributed by atoms with Crippen molar-refractivity contribution >= 4 is 5.78 Å². The van der Waals surface area contributed by atoms with Gasteiger partial charge in [-0.15, -0.1) is 0 Å². The molecule has 4 N–H and O–H groups in total. The average Bonchev–Trinajstić information content (AvgIpc) is 3.08. The number of ether oxygens (including phenoxy) is 3. The molecule has 3 rings (SSSR count). The summed E-state index contributed by atoms with van der Waals surface area (Å²) in [5.74, 6) is 0.657. The molecule has 6 atom stereocenters. The smallest absolute Gasteiger partial charge is 0.187 e. The summed E-state index contributed by atoms with van der Waals surface area (Å²) in [6, 6.07) is 5.25. The van der Waals surface area contributed by atoms with Gasteiger partial charge in [0, 0.05) is 12.0 Å². The van der Waals surface area contributed by atoms with Gasteiger partial charge in [-0.1, -0.05) is 6.58 Å². The number of carbonyl (C=O) groups is 1. The quantitative estimate of drug-likeness (QED) is 0.387. The maximum Gasteiger partial charge on any atom is 0.187 e. The fraction of sp³-hybridized carbons (Fsp3) is 0.526. The van der Waals surface area contributed by atoms with Crippen LogP contribution in [0.25, 0.3) is 0 Å². The Morgan fingerprint density at radius 2 is 2.00 bits per heavy atom. The zero-order valence-electron chi connectivity index (χ0n) is 14.9. The summed E-state index contributed by atoms with van der Waals surface area (Å²) in [5.41, 5.74) is 2.11. The van der Waals surface area contributed by atoms with Crippen LogP contribution in [0.5, 0.6) is 5.75 Å². The van der Waals surface area contributed by atoms with E-state index in [9.17, 15) is 25.2 Å². The molecule has 2 heterocycles. The van der Waals surface area contributed by atoms with Gasteiger partial charge in [-0.3, -0.25) is 4.79 Å². The normalized spacial score (nSPS) is 32.6. The van der Waals surface area contributed by atoms with Crippen molar-refractivity contribution in [3.05, 3.63) is 41.5 Å². The summed E-state index contributed by atoms with van der Waals surface area (Å²) < 4.78 is 16.6. The lowest BCUT2D eigenvalue weighted by Crippen LogP contribution is -2.59. The molecule has 148 valence electrons. The second kappa shape index (κ2) is 8.05. The van der Waals surface area contributed by atoms with E-state index in [4.69, 9.17) is 14.2 Å². The molecule has 0 radical (unpaired) electrons. The molecular formula is C19H24O8. The second-order valence-corrected chi connectivity index (χ2v) is 6.86. The van der Waals surface area contributed by atoms with Gasteiger partial charge in [0.2, 0.25) is 0 Å². The van der Waals surface area contributed by atoms with Gasteiger partial charge in [-0.2, -0.15) is 0 Å². The molecule has 1 aromatic rings. The first-order valence-corrected chi connectivity index (χ1v) is 8.72. The molecule has 0 aliphatic carbocycles. The molecule has 8 heteroatoms. The van der Waals surface area contributed by atoms with E-state index >= 15 is 0 Å². The molecule has 0 aromatic heterocycles. The van der Waals surface area contributed by atoms with Crippen LogP contribution < -0.4 is 4.74 Å². The van der Waals surface area contributed by atoms with Gasteiger partial charge in [-0.05, 0) is 36.3 Å². The molecule has 0 amide bonds. The minimum atomic E-state index is -1.49. The first kappa shape index (κ1) is 19.9. The highest BCUT2D eigenvalue weighted by atomic mass is 16.7. The molecule has 1 saturated heterocycles. The van der Waals surface area contributed by atoms with Crippen molar-refractivity contribution in [3.63, 3.8) is 0 Å². The van der Waals surface area contributed by atoms with E-state index in [0.29, 0.717) is 23.3 Å². The topological polar surface area (TPSA) is 126 Å². The lowest BCUT2D eigenvalue weighted by atomic mass is 9.99. The SMILES string of the molecule is C=C(CO[C@@H]1O[C@H](CO)[C@@H](O)[C@H](O)[C@H]1O)[C@@H]1Cc2cc(C(C)=O)ccc2O1. The lowest BCUT2D eigenvalue weighted by Gasteiger charge is -2.39. The molecular weight excluding hydrogens is 356 g/mol. The Morgan fingerprint density at radius 1 is 1.26 bits per heavy atom. The molecule has 0 spiro atoms. The van der Waals surface area contributed by atoms with Gasteiger partial charge in [-0.25, -0.2) is 0 Å². The molecule has 0 unspecified atom stereocenters. The minimum Gasteiger partial charge on any atom is -0.485 e. The summed E-state index contributed by atoms with van der Waals surface area (Å²) in [7, 11) is 0. The standard InChI is InChI=1S/C19H24O8/c1-9(8-25-19-18(24)17(23)16(22)15(7-20)27-19)14-6-12-5-11(10(2)21)3-4-13(12)26-14/h3-5,14-20,22-24H,1,6-8H2,2H3/t14-,15+,16+,17-,18+,19+/m0/s1. The van der Waals surface area contributed by atoms with Crippen LogP contribution in [-0.2, 0) is 15.9 Å². The van der Waals surface area contributed by atoms with Crippen molar-refractivity contribution in [2.45, 2.75) is 50.2 Å². The number of carbonyl (C=O) groups excluding carboxylic acids is 1. The summed E-state index contributed by atoms with van der Waals surface area (Å²) in [5, 5.41) is 38.8. The maximum atomic E-state index is 11.5. The Morgan fingerprint density at radius 3 is 2.67 bits per heavy atom. The third-order valence-electron chi connectivity index (χ3n) is 4.88. The van der Waals surface area contributed by atoms with Gasteiger partial charge in [0.1, 0.15) is 36.3 Å². The van der Waals surface area contributed by atoms with E-state index < -0.39 is 37.3 Å². The van der Waals surface area contributed by atoms with Crippen molar-refractivity contribution in [3.8, 4) is 5.75 Å². The van der Waals surface area contributed by atoms with Crippen LogP contribution in [0.4, 0.5) is 0 Å². The van der Waals surface area contributed by atoms with Gasteiger partial charge in [0.25, 0.3) is 0 Å². The number of benzene rings is 1. The minimum absolute atomic E-state index is 0.0130. The highest BCUT2D eigenvalue weighted by Gasteiger charge is 2.44. The highest BCUT2D eigenvalue weighted by Crippen LogP contribution is 2.32. The number of aliphatic hydroxyl groups excluding tert-OH is 4. The summed E-state index contributed by atoms with van der Waals surface area (Å²) in [6.07, 6.45) is -6.46. The Kier molecular flexibility index (Phi) is 5.95. The molecule has 2 aliphatic rings. The van der Waals surface area contributed by atoms with Gasteiger partial charge in [0.05, 0.1) is 13.2 Å². The molecule has 27 heavy (non-hydrogen) atoms. The Balaban J connectivity index is 1.57. The molecule has 0 bridgehead atoms.